The molecule has 1 atom stereocenters. The molecule has 2 fully saturated rings. The molecule has 0 aromatic heterocycles. The number of nitrogens with zero attached hydrogens (tertiary/aromatic N) is 1. The summed E-state index contributed by atoms with van der Waals surface area (Å²) in [5, 5.41) is 10.00. The van der Waals surface area contributed by atoms with E-state index in [4.69, 9.17) is 5.73 Å². The van der Waals surface area contributed by atoms with Crippen molar-refractivity contribution in [3.05, 3.63) is 0 Å². The van der Waals surface area contributed by atoms with Crippen molar-refractivity contribution in [3.63, 3.8) is 0 Å². The smallest absolute Gasteiger partial charge is 0.251 e. The molecular formula is C14H24N2O3. The maximum atomic E-state index is 12.4. The highest BCUT2D eigenvalue weighted by atomic mass is 16.3. The molecule has 5 heteroatoms. The highest BCUT2D eigenvalue weighted by Gasteiger charge is 2.44. The Morgan fingerprint density at radius 1 is 1.32 bits per heavy atom. The third-order valence-corrected chi connectivity index (χ3v) is 4.79. The highest BCUT2D eigenvalue weighted by molar-refractivity contribution is 5.86. The first-order chi connectivity index (χ1) is 8.96. The summed E-state index contributed by atoms with van der Waals surface area (Å²) in [6.45, 7) is 2.70. The van der Waals surface area contributed by atoms with Crippen molar-refractivity contribution in [1.29, 1.82) is 0 Å². The van der Waals surface area contributed by atoms with Gasteiger partial charge in [0.1, 0.15) is 0 Å². The van der Waals surface area contributed by atoms with E-state index in [2.05, 4.69) is 6.92 Å². The lowest BCUT2D eigenvalue weighted by Crippen LogP contribution is -2.47. The van der Waals surface area contributed by atoms with E-state index in [0.717, 1.165) is 31.6 Å². The van der Waals surface area contributed by atoms with E-state index >= 15 is 0 Å². The number of carbonyl (C=O) groups excluding carboxylic acids is 2. The number of amides is 2. The molecule has 0 unspecified atom stereocenters. The Morgan fingerprint density at radius 2 is 1.95 bits per heavy atom. The van der Waals surface area contributed by atoms with Crippen LogP contribution in [0.4, 0.5) is 0 Å². The monoisotopic (exact) mass is 268 g/mol. The lowest BCUT2D eigenvalue weighted by molar-refractivity contribution is -0.140. The van der Waals surface area contributed by atoms with Crippen LogP contribution < -0.4 is 5.73 Å². The Balaban J connectivity index is 1.90. The minimum atomic E-state index is -1.52. The molecule has 5 nitrogen and oxygen atoms in total. The fraction of sp³-hybridized carbons (Fsp3) is 0.857. The zero-order chi connectivity index (χ0) is 14.0. The van der Waals surface area contributed by atoms with Gasteiger partial charge in [0.25, 0.3) is 5.91 Å². The summed E-state index contributed by atoms with van der Waals surface area (Å²) in [5.74, 6) is 0.187. The van der Waals surface area contributed by atoms with Crippen LogP contribution in [0.2, 0.25) is 0 Å². The van der Waals surface area contributed by atoms with Crippen molar-refractivity contribution in [2.45, 2.75) is 51.0 Å². The number of rotatable bonds is 3. The topological polar surface area (TPSA) is 83.6 Å². The Bertz CT molecular complexity index is 364. The molecule has 0 spiro atoms. The Kier molecular flexibility index (Phi) is 4.13. The number of likely N-dealkylation sites (tertiary alicyclic amines) is 1. The second kappa shape index (κ2) is 5.49. The summed E-state index contributed by atoms with van der Waals surface area (Å²) in [6, 6.07) is 0. The maximum Gasteiger partial charge on any atom is 0.251 e. The van der Waals surface area contributed by atoms with Crippen LogP contribution in [-0.4, -0.2) is 40.5 Å². The van der Waals surface area contributed by atoms with Gasteiger partial charge >= 0.3 is 0 Å². The summed E-state index contributed by atoms with van der Waals surface area (Å²) in [6.07, 6.45) is 5.54. The molecule has 2 rings (SSSR count). The third-order valence-electron chi connectivity index (χ3n) is 4.79. The van der Waals surface area contributed by atoms with Crippen molar-refractivity contribution in [2.75, 3.05) is 13.1 Å². The maximum absolute atomic E-state index is 12.4. The van der Waals surface area contributed by atoms with Gasteiger partial charge < -0.3 is 15.7 Å². The van der Waals surface area contributed by atoms with E-state index in [1.54, 1.807) is 4.90 Å². The minimum absolute atomic E-state index is 0.0644. The van der Waals surface area contributed by atoms with Crippen LogP contribution in [0, 0.1) is 11.8 Å². The number of nitrogens with two attached hydrogens (primary N) is 1. The second-order valence-electron chi connectivity index (χ2n) is 6.03. The van der Waals surface area contributed by atoms with E-state index < -0.39 is 11.5 Å². The molecule has 0 radical (unpaired) electrons. The molecule has 0 aromatic rings. The molecule has 0 aromatic carbocycles. The van der Waals surface area contributed by atoms with Gasteiger partial charge in [0.15, 0.2) is 5.60 Å². The average molecular weight is 268 g/mol. The van der Waals surface area contributed by atoms with Gasteiger partial charge in [-0.15, -0.1) is 0 Å². The molecule has 1 aliphatic carbocycles. The molecule has 3 N–H and O–H groups in total. The summed E-state index contributed by atoms with van der Waals surface area (Å²) in [4.78, 5) is 25.2. The van der Waals surface area contributed by atoms with Crippen molar-refractivity contribution >= 4 is 11.8 Å². The van der Waals surface area contributed by atoms with Crippen LogP contribution in [0.3, 0.4) is 0 Å². The fourth-order valence-corrected chi connectivity index (χ4v) is 3.26. The van der Waals surface area contributed by atoms with E-state index in [0.29, 0.717) is 6.54 Å². The summed E-state index contributed by atoms with van der Waals surface area (Å²) >= 11 is 0. The molecule has 2 amide bonds. The van der Waals surface area contributed by atoms with Gasteiger partial charge in [-0.25, -0.2) is 0 Å². The largest absolute Gasteiger partial charge is 0.378 e. The van der Waals surface area contributed by atoms with Gasteiger partial charge in [-0.2, -0.15) is 0 Å². The predicted molar refractivity (Wildman–Crippen MR) is 71.1 cm³/mol. The molecular weight excluding hydrogens is 244 g/mol. The van der Waals surface area contributed by atoms with E-state index in [1.165, 1.54) is 6.42 Å². The van der Waals surface area contributed by atoms with Crippen LogP contribution in [0.15, 0.2) is 0 Å². The average Bonchev–Trinajstić information content (AvgIpc) is 2.82. The Morgan fingerprint density at radius 3 is 2.42 bits per heavy atom. The van der Waals surface area contributed by atoms with Crippen LogP contribution in [0.25, 0.3) is 0 Å². The van der Waals surface area contributed by atoms with Crippen molar-refractivity contribution < 1.29 is 14.7 Å². The molecule has 1 aliphatic heterocycles. The van der Waals surface area contributed by atoms with Gasteiger partial charge in [0, 0.05) is 18.9 Å². The highest BCUT2D eigenvalue weighted by Crippen LogP contribution is 2.33. The lowest BCUT2D eigenvalue weighted by Gasteiger charge is -2.30. The van der Waals surface area contributed by atoms with E-state index in [9.17, 15) is 14.7 Å². The van der Waals surface area contributed by atoms with Crippen LogP contribution in [0.5, 0.6) is 0 Å². The molecule has 1 saturated carbocycles. The molecule has 108 valence electrons. The molecule has 19 heavy (non-hydrogen) atoms. The SMILES string of the molecule is CCC1CCC(C(=O)N2CC[C@@](O)(C(N)=O)C2)CC1. The van der Waals surface area contributed by atoms with Crippen LogP contribution in [-0.2, 0) is 9.59 Å². The number of β-amino-alcohol motifs (C(OH)–C–C–N with tert-alkyl or cyclic N) is 1. The number of hydrogen-bond acceptors (Lipinski definition) is 3. The molecule has 2 aliphatic rings. The first-order valence-electron chi connectivity index (χ1n) is 7.27. The standard InChI is InChI=1S/C14H24N2O3/c1-2-10-3-5-11(6-4-10)12(17)16-8-7-14(19,9-16)13(15)18/h10-11,19H,2-9H2,1H3,(H2,15,18)/t10?,11?,14-/m0/s1. The number of hydrogen-bond donors (Lipinski definition) is 2. The van der Waals surface area contributed by atoms with Crippen molar-refractivity contribution in [1.82, 2.24) is 4.90 Å². The zero-order valence-electron chi connectivity index (χ0n) is 11.6. The molecule has 1 heterocycles. The normalized spacial score (nSPS) is 35.4. The number of carbonyl (C=O) groups is 2. The lowest BCUT2D eigenvalue weighted by atomic mass is 9.80. The van der Waals surface area contributed by atoms with Gasteiger partial charge in [-0.1, -0.05) is 13.3 Å². The number of primary amides is 1. The summed E-state index contributed by atoms with van der Waals surface area (Å²) in [5.41, 5.74) is 3.66. The quantitative estimate of drug-likeness (QED) is 0.788. The minimum Gasteiger partial charge on any atom is -0.378 e. The number of aliphatic hydroxyl groups is 1. The van der Waals surface area contributed by atoms with Crippen LogP contribution >= 0.6 is 0 Å². The molecule has 0 bridgehead atoms. The van der Waals surface area contributed by atoms with Crippen LogP contribution in [0.1, 0.15) is 45.4 Å². The van der Waals surface area contributed by atoms with Crippen molar-refractivity contribution in [3.8, 4) is 0 Å². The van der Waals surface area contributed by atoms with E-state index in [1.807, 2.05) is 0 Å². The Labute approximate surface area is 114 Å². The van der Waals surface area contributed by atoms with Gasteiger partial charge in [-0.05, 0) is 31.6 Å². The predicted octanol–water partition coefficient (Wildman–Crippen LogP) is 0.651. The Hall–Kier alpha value is -1.10. The summed E-state index contributed by atoms with van der Waals surface area (Å²) in [7, 11) is 0. The van der Waals surface area contributed by atoms with E-state index in [-0.39, 0.29) is 24.8 Å². The third kappa shape index (κ3) is 2.91. The van der Waals surface area contributed by atoms with Gasteiger partial charge in [0.2, 0.25) is 5.91 Å². The van der Waals surface area contributed by atoms with Gasteiger partial charge in [-0.3, -0.25) is 9.59 Å². The first-order valence-corrected chi connectivity index (χ1v) is 7.27. The zero-order valence-corrected chi connectivity index (χ0v) is 11.6. The molecule has 1 saturated heterocycles. The summed E-state index contributed by atoms with van der Waals surface area (Å²) < 4.78 is 0. The second-order valence-corrected chi connectivity index (χ2v) is 6.03. The van der Waals surface area contributed by atoms with Crippen molar-refractivity contribution in [2.24, 2.45) is 17.6 Å². The van der Waals surface area contributed by atoms with Gasteiger partial charge in [0.05, 0.1) is 6.54 Å². The fourth-order valence-electron chi connectivity index (χ4n) is 3.26. The first kappa shape index (κ1) is 14.3.